The predicted molar refractivity (Wildman–Crippen MR) is 89.0 cm³/mol. The fraction of sp³-hybridized carbons (Fsp3) is 0.353. The summed E-state index contributed by atoms with van der Waals surface area (Å²) in [7, 11) is 0. The van der Waals surface area contributed by atoms with Gasteiger partial charge in [-0.1, -0.05) is 30.9 Å². The molecule has 0 fully saturated rings. The summed E-state index contributed by atoms with van der Waals surface area (Å²) in [6, 6.07) is 8.38. The first-order valence-corrected chi connectivity index (χ1v) is 7.92. The summed E-state index contributed by atoms with van der Waals surface area (Å²) in [5.74, 6) is 0.911. The zero-order valence-electron chi connectivity index (χ0n) is 12.8. The Morgan fingerprint density at radius 2 is 2.14 bits per heavy atom. The molecule has 1 aromatic carbocycles. The molecule has 0 saturated heterocycles. The number of thiazole rings is 1. The number of hydrogen-bond donors (Lipinski definition) is 1. The van der Waals surface area contributed by atoms with E-state index in [1.54, 1.807) is 17.4 Å². The predicted octanol–water partition coefficient (Wildman–Crippen LogP) is 4.18. The highest BCUT2D eigenvalue weighted by Crippen LogP contribution is 2.25. The summed E-state index contributed by atoms with van der Waals surface area (Å²) in [6.45, 7) is 11.3. The van der Waals surface area contributed by atoms with Crippen LogP contribution >= 0.6 is 11.3 Å². The van der Waals surface area contributed by atoms with Crippen LogP contribution in [0.5, 0.6) is 5.75 Å². The molecule has 2 rings (SSSR count). The van der Waals surface area contributed by atoms with Crippen LogP contribution in [0.1, 0.15) is 34.1 Å². The van der Waals surface area contributed by atoms with Crippen molar-refractivity contribution in [2.45, 2.75) is 33.4 Å². The van der Waals surface area contributed by atoms with E-state index in [1.807, 2.05) is 25.1 Å². The maximum atomic E-state index is 5.68. The van der Waals surface area contributed by atoms with Crippen molar-refractivity contribution in [1.82, 2.24) is 10.3 Å². The minimum Gasteiger partial charge on any atom is -0.489 e. The summed E-state index contributed by atoms with van der Waals surface area (Å²) in [6.07, 6.45) is 1.76. The zero-order valence-corrected chi connectivity index (χ0v) is 13.7. The molecule has 1 atom stereocenters. The van der Waals surface area contributed by atoms with E-state index in [0.717, 1.165) is 28.6 Å². The zero-order chi connectivity index (χ0) is 15.2. The number of aryl methyl sites for hydroxylation is 2. The van der Waals surface area contributed by atoms with Gasteiger partial charge in [-0.25, -0.2) is 4.98 Å². The van der Waals surface area contributed by atoms with Crippen molar-refractivity contribution in [2.24, 2.45) is 0 Å². The number of para-hydroxylation sites is 1. The van der Waals surface area contributed by atoms with Gasteiger partial charge in [0.25, 0.3) is 0 Å². The van der Waals surface area contributed by atoms with Gasteiger partial charge in [-0.05, 0) is 26.8 Å². The molecule has 0 radical (unpaired) electrons. The molecule has 0 aliphatic carbocycles. The minimum atomic E-state index is 0.281. The highest BCUT2D eigenvalue weighted by atomic mass is 32.1. The van der Waals surface area contributed by atoms with E-state index in [-0.39, 0.29) is 6.04 Å². The Morgan fingerprint density at radius 1 is 1.38 bits per heavy atom. The van der Waals surface area contributed by atoms with Crippen LogP contribution in [-0.2, 0) is 6.54 Å². The van der Waals surface area contributed by atoms with E-state index in [4.69, 9.17) is 4.74 Å². The molecule has 0 spiro atoms. The summed E-state index contributed by atoms with van der Waals surface area (Å²) in [5, 5.41) is 4.67. The van der Waals surface area contributed by atoms with E-state index < -0.39 is 0 Å². The van der Waals surface area contributed by atoms with Crippen molar-refractivity contribution < 1.29 is 4.74 Å². The molecule has 1 unspecified atom stereocenters. The second kappa shape index (κ2) is 7.38. The minimum absolute atomic E-state index is 0.281. The van der Waals surface area contributed by atoms with Crippen LogP contribution in [-0.4, -0.2) is 11.6 Å². The van der Waals surface area contributed by atoms with Crippen molar-refractivity contribution in [3.8, 4) is 5.75 Å². The monoisotopic (exact) mass is 302 g/mol. The van der Waals surface area contributed by atoms with Crippen LogP contribution in [0.2, 0.25) is 0 Å². The van der Waals surface area contributed by atoms with E-state index >= 15 is 0 Å². The van der Waals surface area contributed by atoms with Crippen molar-refractivity contribution in [3.05, 3.63) is 58.1 Å². The number of nitrogens with zero attached hydrogens (tertiary/aromatic N) is 1. The topological polar surface area (TPSA) is 34.1 Å². The van der Waals surface area contributed by atoms with Crippen LogP contribution in [0, 0.1) is 13.8 Å². The number of aromatic nitrogens is 1. The molecule has 21 heavy (non-hydrogen) atoms. The second-order valence-corrected chi connectivity index (χ2v) is 6.23. The molecule has 3 nitrogen and oxygen atoms in total. The Morgan fingerprint density at radius 3 is 2.81 bits per heavy atom. The van der Waals surface area contributed by atoms with E-state index in [1.165, 1.54) is 4.88 Å². The Labute approximate surface area is 130 Å². The third kappa shape index (κ3) is 4.16. The molecule has 0 amide bonds. The number of hydrogen-bond acceptors (Lipinski definition) is 4. The second-order valence-electron chi connectivity index (χ2n) is 4.99. The van der Waals surface area contributed by atoms with Crippen molar-refractivity contribution in [2.75, 3.05) is 6.61 Å². The highest BCUT2D eigenvalue weighted by molar-refractivity contribution is 7.11. The fourth-order valence-electron chi connectivity index (χ4n) is 2.24. The molecule has 0 saturated carbocycles. The first-order valence-electron chi connectivity index (χ1n) is 7.10. The maximum absolute atomic E-state index is 5.68. The van der Waals surface area contributed by atoms with Gasteiger partial charge in [-0.15, -0.1) is 11.3 Å². The van der Waals surface area contributed by atoms with Gasteiger partial charge in [0.2, 0.25) is 0 Å². The van der Waals surface area contributed by atoms with Gasteiger partial charge in [0, 0.05) is 23.0 Å². The molecular weight excluding hydrogens is 280 g/mol. The average Bonchev–Trinajstić information content (AvgIpc) is 2.82. The van der Waals surface area contributed by atoms with Crippen LogP contribution in [0.25, 0.3) is 0 Å². The molecule has 1 aromatic heterocycles. The molecule has 0 bridgehead atoms. The summed E-state index contributed by atoms with van der Waals surface area (Å²) < 4.78 is 5.68. The van der Waals surface area contributed by atoms with E-state index in [9.17, 15) is 0 Å². The van der Waals surface area contributed by atoms with E-state index in [2.05, 4.69) is 36.8 Å². The normalized spacial score (nSPS) is 12.1. The fourth-order valence-corrected chi connectivity index (χ4v) is 3.20. The average molecular weight is 302 g/mol. The summed E-state index contributed by atoms with van der Waals surface area (Å²) in [4.78, 5) is 5.79. The molecular formula is C17H22N2OS. The van der Waals surface area contributed by atoms with Gasteiger partial charge in [0.1, 0.15) is 12.4 Å². The van der Waals surface area contributed by atoms with Crippen LogP contribution in [0.15, 0.2) is 36.9 Å². The van der Waals surface area contributed by atoms with Gasteiger partial charge in [-0.3, -0.25) is 0 Å². The van der Waals surface area contributed by atoms with Gasteiger partial charge < -0.3 is 10.1 Å². The largest absolute Gasteiger partial charge is 0.489 e. The standard InChI is InChI=1S/C17H22N2OS/c1-5-10-20-16-9-7-6-8-15(16)11-18-12(2)17-13(3)19-14(4)21-17/h5-9,12,18H,1,10-11H2,2-4H3. The van der Waals surface area contributed by atoms with Gasteiger partial charge in [-0.2, -0.15) is 0 Å². The Hall–Kier alpha value is -1.65. The molecule has 0 aliphatic rings. The van der Waals surface area contributed by atoms with Gasteiger partial charge in [0.15, 0.2) is 0 Å². The lowest BCUT2D eigenvalue weighted by Crippen LogP contribution is -2.18. The molecule has 112 valence electrons. The SMILES string of the molecule is C=CCOc1ccccc1CNC(C)c1sc(C)nc1C. The number of ether oxygens (including phenoxy) is 1. The summed E-state index contributed by atoms with van der Waals surface area (Å²) in [5.41, 5.74) is 2.28. The third-order valence-corrected chi connectivity index (χ3v) is 4.52. The maximum Gasteiger partial charge on any atom is 0.124 e. The molecule has 1 heterocycles. The molecule has 4 heteroatoms. The number of nitrogens with one attached hydrogen (secondary N) is 1. The first kappa shape index (κ1) is 15.7. The Bertz CT molecular complexity index is 607. The van der Waals surface area contributed by atoms with Crippen molar-refractivity contribution in [3.63, 3.8) is 0 Å². The lowest BCUT2D eigenvalue weighted by atomic mass is 10.1. The quantitative estimate of drug-likeness (QED) is 0.779. The lowest BCUT2D eigenvalue weighted by molar-refractivity contribution is 0.357. The highest BCUT2D eigenvalue weighted by Gasteiger charge is 2.13. The van der Waals surface area contributed by atoms with Crippen LogP contribution in [0.3, 0.4) is 0 Å². The number of rotatable bonds is 7. The molecule has 2 aromatic rings. The lowest BCUT2D eigenvalue weighted by Gasteiger charge is -2.15. The van der Waals surface area contributed by atoms with Crippen LogP contribution in [0.4, 0.5) is 0 Å². The van der Waals surface area contributed by atoms with Gasteiger partial charge >= 0.3 is 0 Å². The molecule has 0 aliphatic heterocycles. The van der Waals surface area contributed by atoms with Crippen LogP contribution < -0.4 is 10.1 Å². The summed E-state index contributed by atoms with van der Waals surface area (Å²) >= 11 is 1.76. The third-order valence-electron chi connectivity index (χ3n) is 3.26. The van der Waals surface area contributed by atoms with Crippen molar-refractivity contribution >= 4 is 11.3 Å². The number of benzene rings is 1. The smallest absolute Gasteiger partial charge is 0.124 e. The molecule has 1 N–H and O–H groups in total. The Balaban J connectivity index is 2.02. The van der Waals surface area contributed by atoms with Crippen molar-refractivity contribution in [1.29, 1.82) is 0 Å². The Kier molecular flexibility index (Phi) is 5.53. The van der Waals surface area contributed by atoms with E-state index in [0.29, 0.717) is 6.61 Å². The van der Waals surface area contributed by atoms with Gasteiger partial charge in [0.05, 0.1) is 10.7 Å². The first-order chi connectivity index (χ1) is 10.1.